The molecule has 0 radical (unpaired) electrons. The van der Waals surface area contributed by atoms with Crippen LogP contribution in [0.2, 0.25) is 0 Å². The van der Waals surface area contributed by atoms with E-state index in [-0.39, 0.29) is 5.92 Å². The number of carbonyl (C=O) groups excluding carboxylic acids is 1. The molecule has 0 unspecified atom stereocenters. The van der Waals surface area contributed by atoms with Crippen LogP contribution in [0, 0.1) is 11.8 Å². The van der Waals surface area contributed by atoms with Gasteiger partial charge in [0.1, 0.15) is 0 Å². The SMILES string of the molecule is NC(=O)c1ccc(NCC2CCC(C(=O)O)CC2)cc1. The van der Waals surface area contributed by atoms with Gasteiger partial charge in [0, 0.05) is 17.8 Å². The fraction of sp³-hybridized carbons (Fsp3) is 0.467. The molecule has 1 fully saturated rings. The number of benzene rings is 1. The van der Waals surface area contributed by atoms with E-state index in [4.69, 9.17) is 10.8 Å². The third-order valence-electron chi connectivity index (χ3n) is 3.96. The zero-order valence-corrected chi connectivity index (χ0v) is 11.3. The highest BCUT2D eigenvalue weighted by molar-refractivity contribution is 5.93. The second-order valence-electron chi connectivity index (χ2n) is 5.38. The number of rotatable bonds is 5. The molecule has 0 aromatic heterocycles. The summed E-state index contributed by atoms with van der Waals surface area (Å²) < 4.78 is 0. The van der Waals surface area contributed by atoms with E-state index in [1.165, 1.54) is 0 Å². The van der Waals surface area contributed by atoms with Gasteiger partial charge in [0.15, 0.2) is 0 Å². The first-order valence-corrected chi connectivity index (χ1v) is 6.93. The molecule has 20 heavy (non-hydrogen) atoms. The maximum Gasteiger partial charge on any atom is 0.306 e. The van der Waals surface area contributed by atoms with E-state index in [0.717, 1.165) is 37.9 Å². The number of hydrogen-bond donors (Lipinski definition) is 3. The molecule has 1 amide bonds. The number of aliphatic carboxylic acids is 1. The first-order valence-electron chi connectivity index (χ1n) is 6.93. The Morgan fingerprint density at radius 1 is 1.15 bits per heavy atom. The Balaban J connectivity index is 1.78. The maximum absolute atomic E-state index is 11.0. The molecule has 108 valence electrons. The van der Waals surface area contributed by atoms with Crippen LogP contribution >= 0.6 is 0 Å². The Morgan fingerprint density at radius 3 is 2.25 bits per heavy atom. The molecule has 1 aliphatic rings. The van der Waals surface area contributed by atoms with Crippen molar-refractivity contribution in [2.24, 2.45) is 17.6 Å². The molecule has 5 heteroatoms. The van der Waals surface area contributed by atoms with Crippen molar-refractivity contribution < 1.29 is 14.7 Å². The van der Waals surface area contributed by atoms with Crippen LogP contribution in [0.3, 0.4) is 0 Å². The van der Waals surface area contributed by atoms with Crippen molar-refractivity contribution >= 4 is 17.6 Å². The molecular formula is C15H20N2O3. The summed E-state index contributed by atoms with van der Waals surface area (Å²) in [4.78, 5) is 21.8. The van der Waals surface area contributed by atoms with Crippen molar-refractivity contribution in [2.45, 2.75) is 25.7 Å². The highest BCUT2D eigenvalue weighted by atomic mass is 16.4. The van der Waals surface area contributed by atoms with Crippen LogP contribution in [0.1, 0.15) is 36.0 Å². The molecule has 2 rings (SSSR count). The second kappa shape index (κ2) is 6.41. The van der Waals surface area contributed by atoms with Gasteiger partial charge >= 0.3 is 5.97 Å². The fourth-order valence-corrected chi connectivity index (χ4v) is 2.63. The minimum Gasteiger partial charge on any atom is -0.481 e. The average Bonchev–Trinajstić information content (AvgIpc) is 2.46. The third-order valence-corrected chi connectivity index (χ3v) is 3.96. The molecule has 0 bridgehead atoms. The van der Waals surface area contributed by atoms with Crippen molar-refractivity contribution in [2.75, 3.05) is 11.9 Å². The lowest BCUT2D eigenvalue weighted by Crippen LogP contribution is -2.25. The van der Waals surface area contributed by atoms with Gasteiger partial charge in [-0.1, -0.05) is 0 Å². The van der Waals surface area contributed by atoms with Gasteiger partial charge in [-0.3, -0.25) is 9.59 Å². The Bertz CT molecular complexity index is 476. The number of carboxylic acids is 1. The van der Waals surface area contributed by atoms with Crippen molar-refractivity contribution in [1.82, 2.24) is 0 Å². The summed E-state index contributed by atoms with van der Waals surface area (Å²) in [6.07, 6.45) is 3.43. The normalized spacial score (nSPS) is 22.2. The highest BCUT2D eigenvalue weighted by Crippen LogP contribution is 2.29. The van der Waals surface area contributed by atoms with Crippen molar-refractivity contribution in [3.05, 3.63) is 29.8 Å². The van der Waals surface area contributed by atoms with E-state index < -0.39 is 11.9 Å². The van der Waals surface area contributed by atoms with Crippen LogP contribution < -0.4 is 11.1 Å². The predicted octanol–water partition coefficient (Wildman–Crippen LogP) is 2.09. The number of carboxylic acid groups (broad SMARTS) is 1. The number of nitrogens with two attached hydrogens (primary N) is 1. The standard InChI is InChI=1S/C15H20N2O3/c16-14(18)11-5-7-13(8-6-11)17-9-10-1-3-12(4-2-10)15(19)20/h5-8,10,12,17H,1-4,9H2,(H2,16,18)(H,19,20). The van der Waals surface area contributed by atoms with Crippen LogP contribution in [0.4, 0.5) is 5.69 Å². The molecule has 0 saturated heterocycles. The largest absolute Gasteiger partial charge is 0.481 e. The second-order valence-corrected chi connectivity index (χ2v) is 5.38. The summed E-state index contributed by atoms with van der Waals surface area (Å²) in [5.74, 6) is -0.746. The van der Waals surface area contributed by atoms with E-state index in [2.05, 4.69) is 5.32 Å². The Hall–Kier alpha value is -2.04. The Morgan fingerprint density at radius 2 is 1.75 bits per heavy atom. The van der Waals surface area contributed by atoms with Crippen LogP contribution in [-0.4, -0.2) is 23.5 Å². The lowest BCUT2D eigenvalue weighted by atomic mass is 9.82. The molecule has 1 aliphatic carbocycles. The van der Waals surface area contributed by atoms with Gasteiger partial charge in [0.2, 0.25) is 5.91 Å². The van der Waals surface area contributed by atoms with Gasteiger partial charge in [0.25, 0.3) is 0 Å². The summed E-state index contributed by atoms with van der Waals surface area (Å²) in [5, 5.41) is 12.3. The predicted molar refractivity (Wildman–Crippen MR) is 76.5 cm³/mol. The molecule has 5 nitrogen and oxygen atoms in total. The highest BCUT2D eigenvalue weighted by Gasteiger charge is 2.25. The minimum absolute atomic E-state index is 0.166. The molecular weight excluding hydrogens is 256 g/mol. The maximum atomic E-state index is 11.0. The number of hydrogen-bond acceptors (Lipinski definition) is 3. The van der Waals surface area contributed by atoms with Gasteiger partial charge in [-0.15, -0.1) is 0 Å². The van der Waals surface area contributed by atoms with Gasteiger partial charge < -0.3 is 16.2 Å². The van der Waals surface area contributed by atoms with Crippen molar-refractivity contribution in [3.8, 4) is 0 Å². The average molecular weight is 276 g/mol. The number of primary amides is 1. The lowest BCUT2D eigenvalue weighted by molar-refractivity contribution is -0.143. The molecule has 1 aromatic rings. The first-order chi connectivity index (χ1) is 9.56. The minimum atomic E-state index is -0.668. The monoisotopic (exact) mass is 276 g/mol. The molecule has 0 heterocycles. The van der Waals surface area contributed by atoms with E-state index in [0.29, 0.717) is 11.5 Å². The molecule has 0 aliphatic heterocycles. The summed E-state index contributed by atoms with van der Waals surface area (Å²) >= 11 is 0. The smallest absolute Gasteiger partial charge is 0.306 e. The summed E-state index contributed by atoms with van der Waals surface area (Å²) in [5.41, 5.74) is 6.64. The molecule has 0 spiro atoms. The topological polar surface area (TPSA) is 92.4 Å². The van der Waals surface area contributed by atoms with Crippen molar-refractivity contribution in [1.29, 1.82) is 0 Å². The number of carbonyl (C=O) groups is 2. The Kier molecular flexibility index (Phi) is 4.61. The van der Waals surface area contributed by atoms with E-state index >= 15 is 0 Å². The van der Waals surface area contributed by atoms with E-state index in [9.17, 15) is 9.59 Å². The van der Waals surface area contributed by atoms with Crippen LogP contribution in [-0.2, 0) is 4.79 Å². The van der Waals surface area contributed by atoms with E-state index in [1.807, 2.05) is 12.1 Å². The Labute approximate surface area is 118 Å². The molecule has 0 atom stereocenters. The van der Waals surface area contributed by atoms with Gasteiger partial charge in [-0.2, -0.15) is 0 Å². The molecule has 4 N–H and O–H groups in total. The third kappa shape index (κ3) is 3.73. The van der Waals surface area contributed by atoms with Gasteiger partial charge in [-0.05, 0) is 55.9 Å². The molecule has 1 aromatic carbocycles. The fourth-order valence-electron chi connectivity index (χ4n) is 2.63. The zero-order valence-electron chi connectivity index (χ0n) is 11.3. The zero-order chi connectivity index (χ0) is 14.5. The van der Waals surface area contributed by atoms with Gasteiger partial charge in [0.05, 0.1) is 5.92 Å². The lowest BCUT2D eigenvalue weighted by Gasteiger charge is -2.26. The summed E-state index contributed by atoms with van der Waals surface area (Å²) in [7, 11) is 0. The first kappa shape index (κ1) is 14.4. The summed E-state index contributed by atoms with van der Waals surface area (Å²) in [6.45, 7) is 0.836. The summed E-state index contributed by atoms with van der Waals surface area (Å²) in [6, 6.07) is 7.07. The molecule has 1 saturated carbocycles. The number of amides is 1. The number of nitrogens with one attached hydrogen (secondary N) is 1. The number of anilines is 1. The van der Waals surface area contributed by atoms with Crippen molar-refractivity contribution in [3.63, 3.8) is 0 Å². The quantitative estimate of drug-likeness (QED) is 0.767. The van der Waals surface area contributed by atoms with E-state index in [1.54, 1.807) is 12.1 Å². The van der Waals surface area contributed by atoms with Crippen LogP contribution in [0.15, 0.2) is 24.3 Å². The van der Waals surface area contributed by atoms with Crippen LogP contribution in [0.5, 0.6) is 0 Å². The van der Waals surface area contributed by atoms with Crippen LogP contribution in [0.25, 0.3) is 0 Å². The van der Waals surface area contributed by atoms with Gasteiger partial charge in [-0.25, -0.2) is 0 Å².